The maximum atomic E-state index is 4.62. The molecule has 2 atom stereocenters. The van der Waals surface area contributed by atoms with Gasteiger partial charge in [-0.3, -0.25) is 0 Å². The summed E-state index contributed by atoms with van der Waals surface area (Å²) >= 11 is 3.54. The van der Waals surface area contributed by atoms with Crippen LogP contribution < -0.4 is 5.32 Å². The van der Waals surface area contributed by atoms with Crippen LogP contribution in [0.15, 0.2) is 0 Å². The van der Waals surface area contributed by atoms with E-state index in [9.17, 15) is 0 Å². The van der Waals surface area contributed by atoms with Crippen molar-refractivity contribution in [2.24, 2.45) is 0 Å². The fourth-order valence-corrected chi connectivity index (χ4v) is 4.15. The Balaban J connectivity index is 1.63. The largest absolute Gasteiger partial charge is 0.356 e. The van der Waals surface area contributed by atoms with Crippen molar-refractivity contribution in [2.45, 2.75) is 55.7 Å². The van der Waals surface area contributed by atoms with Gasteiger partial charge in [0.15, 0.2) is 0 Å². The van der Waals surface area contributed by atoms with Crippen molar-refractivity contribution in [1.29, 1.82) is 0 Å². The van der Waals surface area contributed by atoms with Crippen molar-refractivity contribution < 1.29 is 0 Å². The molecule has 0 radical (unpaired) electrons. The average molecular weight is 269 g/mol. The van der Waals surface area contributed by atoms with Crippen LogP contribution in [-0.2, 0) is 0 Å². The summed E-state index contributed by atoms with van der Waals surface area (Å²) < 4.78 is 4.46. The van der Waals surface area contributed by atoms with Crippen molar-refractivity contribution in [3.05, 3.63) is 5.82 Å². The normalized spacial score (nSPS) is 29.2. The van der Waals surface area contributed by atoms with Crippen molar-refractivity contribution in [1.82, 2.24) is 9.36 Å². The Morgan fingerprint density at radius 3 is 2.82 bits per heavy atom. The highest BCUT2D eigenvalue weighted by Gasteiger charge is 2.29. The number of nitrogens with one attached hydrogen (secondary N) is 1. The Bertz CT molecular complexity index is 376. The molecule has 2 fully saturated rings. The third kappa shape index (κ3) is 2.76. The topological polar surface area (TPSA) is 37.8 Å². The molecule has 0 aromatic carbocycles. The van der Waals surface area contributed by atoms with Gasteiger partial charge >= 0.3 is 0 Å². The van der Waals surface area contributed by atoms with E-state index in [1.54, 1.807) is 11.5 Å². The van der Waals surface area contributed by atoms with Crippen LogP contribution in [0.4, 0.5) is 5.13 Å². The van der Waals surface area contributed by atoms with Crippen LogP contribution in [-0.4, -0.2) is 26.9 Å². The first kappa shape index (κ1) is 11.8. The predicted octanol–water partition coefficient (Wildman–Crippen LogP) is 3.50. The Hall–Kier alpha value is -0.290. The molecule has 2 aliphatic carbocycles. The van der Waals surface area contributed by atoms with E-state index >= 15 is 0 Å². The highest BCUT2D eigenvalue weighted by Crippen LogP contribution is 2.39. The smallest absolute Gasteiger partial charge is 0.202 e. The fourth-order valence-electron chi connectivity index (χ4n) is 2.50. The lowest BCUT2D eigenvalue weighted by Gasteiger charge is -2.30. The molecule has 0 saturated heterocycles. The van der Waals surface area contributed by atoms with Crippen LogP contribution in [0.25, 0.3) is 0 Å². The van der Waals surface area contributed by atoms with E-state index in [4.69, 9.17) is 0 Å². The molecule has 1 N–H and O–H groups in total. The molecule has 2 saturated carbocycles. The molecule has 0 amide bonds. The second kappa shape index (κ2) is 5.14. The highest BCUT2D eigenvalue weighted by molar-refractivity contribution is 7.99. The van der Waals surface area contributed by atoms with Gasteiger partial charge in [-0.05, 0) is 31.9 Å². The lowest BCUT2D eigenvalue weighted by atomic mass is 9.95. The van der Waals surface area contributed by atoms with E-state index in [-0.39, 0.29) is 0 Å². The molecule has 0 aliphatic heterocycles. The highest BCUT2D eigenvalue weighted by atomic mass is 32.2. The van der Waals surface area contributed by atoms with Gasteiger partial charge in [-0.2, -0.15) is 16.1 Å². The van der Waals surface area contributed by atoms with Crippen LogP contribution in [0.5, 0.6) is 0 Å². The zero-order valence-corrected chi connectivity index (χ0v) is 11.8. The Morgan fingerprint density at radius 2 is 2.06 bits per heavy atom. The van der Waals surface area contributed by atoms with E-state index in [2.05, 4.69) is 20.9 Å². The third-order valence-corrected chi connectivity index (χ3v) is 5.53. The summed E-state index contributed by atoms with van der Waals surface area (Å²) in [4.78, 5) is 4.62. The SMILES string of the molecule is CSC1CCCCC1Nc1nc(C2CC2)ns1. The van der Waals surface area contributed by atoms with Crippen molar-refractivity contribution in [3.63, 3.8) is 0 Å². The van der Waals surface area contributed by atoms with Crippen LogP contribution in [0.3, 0.4) is 0 Å². The van der Waals surface area contributed by atoms with Gasteiger partial charge in [0.25, 0.3) is 0 Å². The molecule has 0 spiro atoms. The molecule has 2 unspecified atom stereocenters. The van der Waals surface area contributed by atoms with Gasteiger partial charge in [-0.1, -0.05) is 12.8 Å². The summed E-state index contributed by atoms with van der Waals surface area (Å²) in [7, 11) is 0. The minimum Gasteiger partial charge on any atom is -0.356 e. The number of hydrogen-bond donors (Lipinski definition) is 1. The molecule has 5 heteroatoms. The maximum absolute atomic E-state index is 4.62. The minimum atomic E-state index is 0.596. The van der Waals surface area contributed by atoms with Gasteiger partial charge in [0.2, 0.25) is 5.13 Å². The fraction of sp³-hybridized carbons (Fsp3) is 0.833. The Morgan fingerprint density at radius 1 is 1.24 bits per heavy atom. The maximum Gasteiger partial charge on any atom is 0.202 e. The summed E-state index contributed by atoms with van der Waals surface area (Å²) in [5, 5.41) is 5.40. The lowest BCUT2D eigenvalue weighted by Crippen LogP contribution is -2.34. The molecule has 2 aliphatic rings. The lowest BCUT2D eigenvalue weighted by molar-refractivity contribution is 0.475. The third-order valence-electron chi connectivity index (χ3n) is 3.70. The summed E-state index contributed by atoms with van der Waals surface area (Å²) in [6.07, 6.45) is 10.1. The van der Waals surface area contributed by atoms with Crippen molar-refractivity contribution >= 4 is 28.4 Å². The summed E-state index contributed by atoms with van der Waals surface area (Å²) in [6, 6.07) is 0.596. The number of nitrogens with zero attached hydrogens (tertiary/aromatic N) is 2. The van der Waals surface area contributed by atoms with Gasteiger partial charge < -0.3 is 5.32 Å². The number of rotatable bonds is 4. The van der Waals surface area contributed by atoms with Crippen molar-refractivity contribution in [3.8, 4) is 0 Å². The molecular weight excluding hydrogens is 250 g/mol. The molecule has 17 heavy (non-hydrogen) atoms. The monoisotopic (exact) mass is 269 g/mol. The molecule has 3 rings (SSSR count). The van der Waals surface area contributed by atoms with Gasteiger partial charge in [-0.15, -0.1) is 0 Å². The van der Waals surface area contributed by atoms with E-state index in [1.807, 2.05) is 11.8 Å². The Labute approximate surface area is 111 Å². The number of anilines is 1. The first-order chi connectivity index (χ1) is 8.36. The van der Waals surface area contributed by atoms with Crippen LogP contribution in [0, 0.1) is 0 Å². The number of thioether (sulfide) groups is 1. The molecule has 0 bridgehead atoms. The second-order valence-corrected chi connectivity index (χ2v) is 6.87. The van der Waals surface area contributed by atoms with Gasteiger partial charge in [0.1, 0.15) is 5.82 Å². The quantitative estimate of drug-likeness (QED) is 0.908. The van der Waals surface area contributed by atoms with E-state index < -0.39 is 0 Å². The predicted molar refractivity (Wildman–Crippen MR) is 75.1 cm³/mol. The minimum absolute atomic E-state index is 0.596. The van der Waals surface area contributed by atoms with Crippen molar-refractivity contribution in [2.75, 3.05) is 11.6 Å². The summed E-state index contributed by atoms with van der Waals surface area (Å²) in [5.74, 6) is 1.75. The van der Waals surface area contributed by atoms with Gasteiger partial charge in [0, 0.05) is 28.7 Å². The number of hydrogen-bond acceptors (Lipinski definition) is 5. The van der Waals surface area contributed by atoms with E-state index in [0.717, 1.165) is 16.2 Å². The van der Waals surface area contributed by atoms with Crippen LogP contribution >= 0.6 is 23.3 Å². The summed E-state index contributed by atoms with van der Waals surface area (Å²) in [6.45, 7) is 0. The zero-order chi connectivity index (χ0) is 11.7. The van der Waals surface area contributed by atoms with E-state index in [0.29, 0.717) is 12.0 Å². The molecule has 1 heterocycles. The van der Waals surface area contributed by atoms with Gasteiger partial charge in [-0.25, -0.2) is 4.98 Å². The van der Waals surface area contributed by atoms with Crippen LogP contribution in [0.1, 0.15) is 50.3 Å². The van der Waals surface area contributed by atoms with Gasteiger partial charge in [0.05, 0.1) is 0 Å². The van der Waals surface area contributed by atoms with E-state index in [1.165, 1.54) is 38.5 Å². The standard InChI is InChI=1S/C12H19N3S2/c1-16-10-5-3-2-4-9(10)13-12-14-11(15-17-12)8-6-7-8/h8-10H,2-7H2,1H3,(H,13,14,15). The molecule has 1 aromatic heterocycles. The first-order valence-electron chi connectivity index (χ1n) is 6.50. The van der Waals surface area contributed by atoms with Crippen LogP contribution in [0.2, 0.25) is 0 Å². The summed E-state index contributed by atoms with van der Waals surface area (Å²) in [5.41, 5.74) is 0. The molecule has 94 valence electrons. The molecule has 3 nitrogen and oxygen atoms in total. The number of aromatic nitrogens is 2. The molecular formula is C12H19N3S2. The Kier molecular flexibility index (Phi) is 3.56. The zero-order valence-electron chi connectivity index (χ0n) is 10.2. The second-order valence-electron chi connectivity index (χ2n) is 5.04. The molecule has 1 aromatic rings. The first-order valence-corrected chi connectivity index (χ1v) is 8.56. The average Bonchev–Trinajstić information content (AvgIpc) is 3.11.